The summed E-state index contributed by atoms with van der Waals surface area (Å²) in [5.74, 6) is 0.303. The Morgan fingerprint density at radius 3 is 2.06 bits per heavy atom. The fourth-order valence-electron chi connectivity index (χ4n) is 2.28. The number of rotatable bonds is 3. The van der Waals surface area contributed by atoms with Crippen LogP contribution in [0.25, 0.3) is 0 Å². The molecule has 0 bridgehead atoms. The van der Waals surface area contributed by atoms with Crippen molar-refractivity contribution in [3.8, 4) is 0 Å². The topological polar surface area (TPSA) is 26.7 Å². The van der Waals surface area contributed by atoms with Gasteiger partial charge < -0.3 is 5.11 Å². The molecule has 3 unspecified atom stereocenters. The van der Waals surface area contributed by atoms with Gasteiger partial charge in [0.1, 0.15) is 0 Å². The number of aliphatic hydroxyl groups is 1. The molecule has 0 aromatic heterocycles. The molecule has 0 aromatic carbocycles. The Morgan fingerprint density at radius 2 is 1.69 bits per heavy atom. The zero-order chi connectivity index (χ0) is 12.5. The number of hydrogen-bond donors (Lipinski definition) is 1. The maximum atomic E-state index is 10.3. The molecule has 1 heterocycles. The monoisotopic (exact) mass is 228 g/mol. The van der Waals surface area contributed by atoms with Crippen LogP contribution in [0.5, 0.6) is 0 Å². The maximum Gasteiger partial charge on any atom is 0.0768 e. The van der Waals surface area contributed by atoms with E-state index >= 15 is 0 Å². The van der Waals surface area contributed by atoms with Crippen LogP contribution in [0.3, 0.4) is 0 Å². The molecule has 1 saturated heterocycles. The van der Waals surface area contributed by atoms with E-state index in [9.17, 15) is 5.11 Å². The predicted molar refractivity (Wildman–Crippen MR) is 68.6 cm³/mol. The third-order valence-corrected chi connectivity index (χ3v) is 4.22. The van der Waals surface area contributed by atoms with E-state index in [-0.39, 0.29) is 0 Å². The lowest BCUT2D eigenvalue weighted by Gasteiger charge is -2.45. The molecule has 0 radical (unpaired) electrons. The summed E-state index contributed by atoms with van der Waals surface area (Å²) in [7, 11) is 2.19. The van der Waals surface area contributed by atoms with Crippen LogP contribution in [-0.2, 0) is 0 Å². The molecule has 0 spiro atoms. The third kappa shape index (κ3) is 3.19. The van der Waals surface area contributed by atoms with Crippen LogP contribution < -0.4 is 0 Å². The van der Waals surface area contributed by atoms with E-state index in [0.29, 0.717) is 18.0 Å². The minimum Gasteiger partial charge on any atom is -0.389 e. The van der Waals surface area contributed by atoms with Crippen LogP contribution in [0, 0.1) is 5.92 Å². The molecule has 3 atom stereocenters. The lowest BCUT2D eigenvalue weighted by atomic mass is 9.91. The normalized spacial score (nSPS) is 33.0. The molecule has 0 aromatic rings. The van der Waals surface area contributed by atoms with E-state index in [4.69, 9.17) is 0 Å². The second kappa shape index (κ2) is 5.03. The molecule has 3 nitrogen and oxygen atoms in total. The van der Waals surface area contributed by atoms with Crippen molar-refractivity contribution in [2.75, 3.05) is 26.7 Å². The van der Waals surface area contributed by atoms with E-state index in [2.05, 4.69) is 44.5 Å². The quantitative estimate of drug-likeness (QED) is 0.791. The molecule has 1 fully saturated rings. The Kier molecular flexibility index (Phi) is 4.38. The molecule has 1 aliphatic rings. The van der Waals surface area contributed by atoms with E-state index in [1.165, 1.54) is 0 Å². The zero-order valence-electron chi connectivity index (χ0n) is 11.7. The summed E-state index contributed by atoms with van der Waals surface area (Å²) in [4.78, 5) is 4.82. The molecule has 0 aliphatic carbocycles. The first kappa shape index (κ1) is 13.9. The zero-order valence-corrected chi connectivity index (χ0v) is 11.7. The van der Waals surface area contributed by atoms with Crippen molar-refractivity contribution < 1.29 is 5.11 Å². The van der Waals surface area contributed by atoms with Crippen LogP contribution in [-0.4, -0.2) is 59.3 Å². The van der Waals surface area contributed by atoms with Gasteiger partial charge in [-0.15, -0.1) is 0 Å². The lowest BCUT2D eigenvalue weighted by molar-refractivity contribution is -0.0429. The first-order valence-electron chi connectivity index (χ1n) is 6.40. The van der Waals surface area contributed by atoms with Gasteiger partial charge in [-0.05, 0) is 33.7 Å². The van der Waals surface area contributed by atoms with E-state index < -0.39 is 5.60 Å². The average molecular weight is 228 g/mol. The fraction of sp³-hybridized carbons (Fsp3) is 1.00. The van der Waals surface area contributed by atoms with Gasteiger partial charge in [-0.25, -0.2) is 0 Å². The SMILES string of the molecule is CC1CN(CC(C)(O)C(C)C)CC(C)N1C. The van der Waals surface area contributed by atoms with Crippen molar-refractivity contribution in [3.05, 3.63) is 0 Å². The highest BCUT2D eigenvalue weighted by Crippen LogP contribution is 2.21. The van der Waals surface area contributed by atoms with Gasteiger partial charge >= 0.3 is 0 Å². The van der Waals surface area contributed by atoms with Gasteiger partial charge in [-0.2, -0.15) is 0 Å². The first-order chi connectivity index (χ1) is 7.24. The smallest absolute Gasteiger partial charge is 0.0768 e. The number of hydrogen-bond acceptors (Lipinski definition) is 3. The molecular weight excluding hydrogens is 200 g/mol. The van der Waals surface area contributed by atoms with Gasteiger partial charge in [-0.3, -0.25) is 9.80 Å². The van der Waals surface area contributed by atoms with Crippen molar-refractivity contribution in [2.24, 2.45) is 5.92 Å². The highest BCUT2D eigenvalue weighted by atomic mass is 16.3. The number of likely N-dealkylation sites (N-methyl/N-ethyl adjacent to an activating group) is 1. The van der Waals surface area contributed by atoms with Crippen LogP contribution in [0.2, 0.25) is 0 Å². The number of nitrogens with zero attached hydrogens (tertiary/aromatic N) is 2. The van der Waals surface area contributed by atoms with Crippen molar-refractivity contribution in [3.63, 3.8) is 0 Å². The van der Waals surface area contributed by atoms with Gasteiger partial charge in [0.15, 0.2) is 0 Å². The number of piperazine rings is 1. The maximum absolute atomic E-state index is 10.3. The molecule has 1 N–H and O–H groups in total. The minimum atomic E-state index is -0.574. The molecule has 3 heteroatoms. The molecule has 1 rings (SSSR count). The summed E-state index contributed by atoms with van der Waals surface area (Å²) in [5.41, 5.74) is -0.574. The van der Waals surface area contributed by atoms with E-state index in [1.807, 2.05) is 6.92 Å². The van der Waals surface area contributed by atoms with Crippen LogP contribution in [0.4, 0.5) is 0 Å². The van der Waals surface area contributed by atoms with Crippen molar-refractivity contribution in [1.82, 2.24) is 9.80 Å². The molecule has 96 valence electrons. The average Bonchev–Trinajstić information content (AvgIpc) is 2.13. The van der Waals surface area contributed by atoms with E-state index in [1.54, 1.807) is 0 Å². The summed E-state index contributed by atoms with van der Waals surface area (Å²) in [6.45, 7) is 13.5. The van der Waals surface area contributed by atoms with Crippen LogP contribution in [0.1, 0.15) is 34.6 Å². The van der Waals surface area contributed by atoms with Crippen LogP contribution in [0.15, 0.2) is 0 Å². The Morgan fingerprint density at radius 1 is 1.25 bits per heavy atom. The predicted octanol–water partition coefficient (Wildman–Crippen LogP) is 1.42. The Hall–Kier alpha value is -0.120. The summed E-state index contributed by atoms with van der Waals surface area (Å²) < 4.78 is 0. The Bertz CT molecular complexity index is 216. The lowest BCUT2D eigenvalue weighted by Crippen LogP contribution is -2.58. The highest BCUT2D eigenvalue weighted by Gasteiger charge is 2.32. The minimum absolute atomic E-state index is 0.303. The Labute approximate surface area is 100 Å². The van der Waals surface area contributed by atoms with Crippen molar-refractivity contribution >= 4 is 0 Å². The number of β-amino-alcohol motifs (C(OH)–C–C–N with tert-alkyl or cyclic N) is 1. The molecular formula is C13H28N2O. The van der Waals surface area contributed by atoms with Crippen molar-refractivity contribution in [1.29, 1.82) is 0 Å². The first-order valence-corrected chi connectivity index (χ1v) is 6.40. The highest BCUT2D eigenvalue weighted by molar-refractivity contribution is 4.88. The molecule has 0 saturated carbocycles. The van der Waals surface area contributed by atoms with Gasteiger partial charge in [0.25, 0.3) is 0 Å². The largest absolute Gasteiger partial charge is 0.389 e. The molecule has 1 aliphatic heterocycles. The standard InChI is InChI=1S/C13H28N2O/c1-10(2)13(5,16)9-15-7-11(3)14(6)12(4)8-15/h10-12,16H,7-9H2,1-6H3. The second-order valence-corrected chi connectivity index (χ2v) is 6.07. The second-order valence-electron chi connectivity index (χ2n) is 6.07. The van der Waals surface area contributed by atoms with Crippen molar-refractivity contribution in [2.45, 2.75) is 52.3 Å². The van der Waals surface area contributed by atoms with Gasteiger partial charge in [0.2, 0.25) is 0 Å². The third-order valence-electron chi connectivity index (χ3n) is 4.22. The Balaban J connectivity index is 2.57. The molecule has 0 amide bonds. The van der Waals surface area contributed by atoms with Crippen LogP contribution >= 0.6 is 0 Å². The van der Waals surface area contributed by atoms with Gasteiger partial charge in [-0.1, -0.05) is 13.8 Å². The summed E-state index contributed by atoms with van der Waals surface area (Å²) >= 11 is 0. The summed E-state index contributed by atoms with van der Waals surface area (Å²) in [6, 6.07) is 1.15. The van der Waals surface area contributed by atoms with Gasteiger partial charge in [0, 0.05) is 31.7 Å². The summed E-state index contributed by atoms with van der Waals surface area (Å²) in [6.07, 6.45) is 0. The van der Waals surface area contributed by atoms with Gasteiger partial charge in [0.05, 0.1) is 5.60 Å². The van der Waals surface area contributed by atoms with E-state index in [0.717, 1.165) is 19.6 Å². The molecule has 16 heavy (non-hydrogen) atoms. The fourth-order valence-corrected chi connectivity index (χ4v) is 2.28. The summed E-state index contributed by atoms with van der Waals surface area (Å²) in [5, 5.41) is 10.3.